The number of para-hydroxylation sites is 1. The van der Waals surface area contributed by atoms with Crippen LogP contribution in [0.15, 0.2) is 42.5 Å². The lowest BCUT2D eigenvalue weighted by molar-refractivity contribution is 0.0388. The summed E-state index contributed by atoms with van der Waals surface area (Å²) in [7, 11) is 0. The van der Waals surface area contributed by atoms with Crippen molar-refractivity contribution in [3.8, 4) is 5.75 Å². The third-order valence-electron chi connectivity index (χ3n) is 6.43. The molecule has 0 unspecified atom stereocenters. The predicted molar refractivity (Wildman–Crippen MR) is 108 cm³/mol. The lowest BCUT2D eigenvalue weighted by atomic mass is 9.86. The second-order valence-corrected chi connectivity index (χ2v) is 8.39. The van der Waals surface area contributed by atoms with Gasteiger partial charge in [0.1, 0.15) is 11.4 Å². The minimum atomic E-state index is -0.356. The Morgan fingerprint density at radius 2 is 1.89 bits per heavy atom. The summed E-state index contributed by atoms with van der Waals surface area (Å²) < 4.78 is 6.38. The van der Waals surface area contributed by atoms with Gasteiger partial charge in [0.25, 0.3) is 0 Å². The van der Waals surface area contributed by atoms with E-state index >= 15 is 0 Å². The highest BCUT2D eigenvalue weighted by Crippen LogP contribution is 2.47. The highest BCUT2D eigenvalue weighted by molar-refractivity contribution is 5.90. The van der Waals surface area contributed by atoms with Gasteiger partial charge in [-0.25, -0.2) is 4.79 Å². The van der Waals surface area contributed by atoms with Gasteiger partial charge in [0, 0.05) is 24.1 Å². The maximum atomic E-state index is 12.8. The number of aliphatic hydroxyl groups excluding tert-OH is 1. The van der Waals surface area contributed by atoms with Crippen LogP contribution in [0, 0.1) is 0 Å². The molecule has 0 saturated heterocycles. The molecule has 2 aromatic carbocycles. The van der Waals surface area contributed by atoms with E-state index in [1.807, 2.05) is 42.5 Å². The van der Waals surface area contributed by atoms with Crippen molar-refractivity contribution in [1.82, 2.24) is 5.32 Å². The number of fused-ring (bicyclic) bond motifs is 2. The van der Waals surface area contributed by atoms with Gasteiger partial charge in [-0.1, -0.05) is 30.3 Å². The average molecular weight is 378 g/mol. The van der Waals surface area contributed by atoms with Crippen molar-refractivity contribution in [3.63, 3.8) is 0 Å². The standard InChI is InChI=1S/C23H26N2O3/c26-16-12-15-6-5-8-19(18(15)13-16)24-22(27)25-20-14-23(10-3-4-11-23)28-21-9-2-1-7-17(20)21/h1-2,5-9,16,20,26H,3-4,10-14H2,(H2,24,25,27)/t16-,20-/m1/s1. The summed E-state index contributed by atoms with van der Waals surface area (Å²) >= 11 is 0. The van der Waals surface area contributed by atoms with Crippen molar-refractivity contribution >= 4 is 11.7 Å². The molecule has 28 heavy (non-hydrogen) atoms. The number of ether oxygens (including phenoxy) is 1. The first kappa shape index (κ1) is 17.6. The van der Waals surface area contributed by atoms with Gasteiger partial charge in [-0.15, -0.1) is 0 Å². The van der Waals surface area contributed by atoms with Gasteiger partial charge >= 0.3 is 6.03 Å². The topological polar surface area (TPSA) is 70.6 Å². The van der Waals surface area contributed by atoms with E-state index in [-0.39, 0.29) is 23.8 Å². The number of benzene rings is 2. The Balaban J connectivity index is 1.36. The quantitative estimate of drug-likeness (QED) is 0.737. The van der Waals surface area contributed by atoms with Gasteiger partial charge in [-0.3, -0.25) is 0 Å². The molecule has 3 N–H and O–H groups in total. The van der Waals surface area contributed by atoms with Crippen LogP contribution < -0.4 is 15.4 Å². The number of rotatable bonds is 2. The summed E-state index contributed by atoms with van der Waals surface area (Å²) in [6.45, 7) is 0. The van der Waals surface area contributed by atoms with Gasteiger partial charge < -0.3 is 20.5 Å². The third kappa shape index (κ3) is 3.14. The van der Waals surface area contributed by atoms with Gasteiger partial charge in [-0.2, -0.15) is 0 Å². The first-order valence-corrected chi connectivity index (χ1v) is 10.3. The minimum absolute atomic E-state index is 0.0644. The fourth-order valence-electron chi connectivity index (χ4n) is 5.13. The Morgan fingerprint density at radius 3 is 2.75 bits per heavy atom. The van der Waals surface area contributed by atoms with Crippen molar-refractivity contribution in [2.24, 2.45) is 0 Å². The molecule has 1 fully saturated rings. The van der Waals surface area contributed by atoms with Crippen molar-refractivity contribution in [2.75, 3.05) is 5.32 Å². The summed E-state index contributed by atoms with van der Waals surface area (Å²) in [5.74, 6) is 0.893. The molecule has 146 valence electrons. The summed E-state index contributed by atoms with van der Waals surface area (Å²) in [6, 6.07) is 13.6. The monoisotopic (exact) mass is 378 g/mol. The largest absolute Gasteiger partial charge is 0.487 e. The van der Waals surface area contributed by atoms with E-state index in [1.54, 1.807) is 0 Å². The molecule has 5 rings (SSSR count). The zero-order valence-electron chi connectivity index (χ0n) is 15.9. The van der Waals surface area contributed by atoms with Crippen LogP contribution in [0.2, 0.25) is 0 Å². The lowest BCUT2D eigenvalue weighted by Gasteiger charge is -2.40. The Hall–Kier alpha value is -2.53. The Kier molecular flexibility index (Phi) is 4.27. The van der Waals surface area contributed by atoms with Gasteiger partial charge in [0.05, 0.1) is 12.1 Å². The van der Waals surface area contributed by atoms with Crippen LogP contribution >= 0.6 is 0 Å². The van der Waals surface area contributed by atoms with E-state index in [4.69, 9.17) is 4.74 Å². The number of aliphatic hydroxyl groups is 1. The molecule has 0 radical (unpaired) electrons. The fourth-order valence-corrected chi connectivity index (χ4v) is 5.13. The minimum Gasteiger partial charge on any atom is -0.487 e. The van der Waals surface area contributed by atoms with Gasteiger partial charge in [0.2, 0.25) is 0 Å². The second-order valence-electron chi connectivity index (χ2n) is 8.39. The van der Waals surface area contributed by atoms with E-state index in [1.165, 1.54) is 12.8 Å². The smallest absolute Gasteiger partial charge is 0.319 e. The maximum absolute atomic E-state index is 12.8. The van der Waals surface area contributed by atoms with Crippen LogP contribution in [0.3, 0.4) is 0 Å². The molecule has 2 aromatic rings. The van der Waals surface area contributed by atoms with E-state index in [0.717, 1.165) is 47.4 Å². The van der Waals surface area contributed by atoms with Crippen LogP contribution in [0.1, 0.15) is 54.8 Å². The Labute approximate surface area is 165 Å². The first-order chi connectivity index (χ1) is 13.6. The molecule has 2 atom stereocenters. The van der Waals surface area contributed by atoms with Crippen LogP contribution in [0.5, 0.6) is 5.75 Å². The van der Waals surface area contributed by atoms with Crippen molar-refractivity contribution in [1.29, 1.82) is 0 Å². The summed E-state index contributed by atoms with van der Waals surface area (Å²) in [5, 5.41) is 16.2. The summed E-state index contributed by atoms with van der Waals surface area (Å²) in [4.78, 5) is 12.8. The van der Waals surface area contributed by atoms with Crippen LogP contribution in [-0.4, -0.2) is 22.8 Å². The van der Waals surface area contributed by atoms with Crippen molar-refractivity contribution in [2.45, 2.75) is 62.7 Å². The maximum Gasteiger partial charge on any atom is 0.319 e. The molecule has 2 aliphatic carbocycles. The number of anilines is 1. The van der Waals surface area contributed by atoms with Crippen LogP contribution in [-0.2, 0) is 12.8 Å². The SMILES string of the molecule is O=C(Nc1cccc2c1C[C@H](O)C2)N[C@@H]1CC2(CCCC2)Oc2ccccc21. The van der Waals surface area contributed by atoms with E-state index in [0.29, 0.717) is 12.8 Å². The average Bonchev–Trinajstić information content (AvgIpc) is 3.28. The molecule has 5 heteroatoms. The Morgan fingerprint density at radius 1 is 1.07 bits per heavy atom. The molecule has 1 heterocycles. The highest BCUT2D eigenvalue weighted by Gasteiger charge is 2.43. The number of hydrogen-bond acceptors (Lipinski definition) is 3. The van der Waals surface area contributed by atoms with Crippen LogP contribution in [0.4, 0.5) is 10.5 Å². The summed E-state index contributed by atoms with van der Waals surface area (Å²) in [6.07, 6.45) is 6.15. The van der Waals surface area contributed by atoms with Crippen molar-refractivity contribution < 1.29 is 14.6 Å². The molecule has 0 bridgehead atoms. The van der Waals surface area contributed by atoms with Gasteiger partial charge in [-0.05, 0) is 55.4 Å². The predicted octanol–water partition coefficient (Wildman–Crippen LogP) is 4.10. The normalized spacial score (nSPS) is 24.3. The molecule has 3 aliphatic rings. The molecule has 1 aliphatic heterocycles. The third-order valence-corrected chi connectivity index (χ3v) is 6.43. The number of nitrogens with one attached hydrogen (secondary N) is 2. The number of carbonyl (C=O) groups is 1. The van der Waals surface area contributed by atoms with E-state index < -0.39 is 0 Å². The number of urea groups is 1. The molecule has 1 saturated carbocycles. The van der Waals surface area contributed by atoms with Crippen LogP contribution in [0.25, 0.3) is 0 Å². The highest BCUT2D eigenvalue weighted by atomic mass is 16.5. The molecular weight excluding hydrogens is 352 g/mol. The summed E-state index contributed by atoms with van der Waals surface area (Å²) in [5.41, 5.74) is 3.85. The number of carbonyl (C=O) groups excluding carboxylic acids is 1. The molecular formula is C23H26N2O3. The molecule has 5 nitrogen and oxygen atoms in total. The number of hydrogen-bond donors (Lipinski definition) is 3. The molecule has 0 aromatic heterocycles. The van der Waals surface area contributed by atoms with Gasteiger partial charge in [0.15, 0.2) is 0 Å². The first-order valence-electron chi connectivity index (χ1n) is 10.3. The fraction of sp³-hybridized carbons (Fsp3) is 0.435. The van der Waals surface area contributed by atoms with E-state index in [9.17, 15) is 9.90 Å². The molecule has 2 amide bonds. The zero-order valence-corrected chi connectivity index (χ0v) is 15.9. The molecule has 1 spiro atoms. The van der Waals surface area contributed by atoms with Crippen molar-refractivity contribution in [3.05, 3.63) is 59.2 Å². The second kappa shape index (κ2) is 6.82. The Bertz CT molecular complexity index is 904. The van der Waals surface area contributed by atoms with E-state index in [2.05, 4.69) is 10.6 Å². The number of amides is 2. The zero-order chi connectivity index (χ0) is 19.1. The lowest BCUT2D eigenvalue weighted by Crippen LogP contribution is -2.44.